The van der Waals surface area contributed by atoms with Gasteiger partial charge in [0.2, 0.25) is 0 Å². The second kappa shape index (κ2) is 6.69. The summed E-state index contributed by atoms with van der Waals surface area (Å²) in [5.41, 5.74) is 0.436. The molecular formula is C14H28FNO. The Morgan fingerprint density at radius 2 is 1.88 bits per heavy atom. The first-order chi connectivity index (χ1) is 7.87. The van der Waals surface area contributed by atoms with Gasteiger partial charge in [0.05, 0.1) is 6.10 Å². The molecule has 1 heterocycles. The maximum Gasteiger partial charge on any atom is 0.196 e. The van der Waals surface area contributed by atoms with Gasteiger partial charge >= 0.3 is 0 Å². The highest BCUT2D eigenvalue weighted by atomic mass is 19.1. The second-order valence-corrected chi connectivity index (χ2v) is 6.38. The van der Waals surface area contributed by atoms with Gasteiger partial charge < -0.3 is 9.64 Å². The van der Waals surface area contributed by atoms with Crippen LogP contribution in [0.1, 0.15) is 53.4 Å². The molecule has 0 radical (unpaired) electrons. The molecule has 0 amide bonds. The number of halogens is 1. The number of piperidine rings is 1. The van der Waals surface area contributed by atoms with E-state index in [2.05, 4.69) is 25.7 Å². The Hall–Kier alpha value is -0.150. The first-order valence-electron chi connectivity index (χ1n) is 6.89. The van der Waals surface area contributed by atoms with E-state index in [1.165, 1.54) is 26.3 Å². The summed E-state index contributed by atoms with van der Waals surface area (Å²) in [6, 6.07) is 0. The van der Waals surface area contributed by atoms with Crippen molar-refractivity contribution in [2.24, 2.45) is 5.41 Å². The molecule has 3 heteroatoms. The molecule has 1 aliphatic rings. The number of rotatable bonds is 5. The molecule has 0 spiro atoms. The molecule has 102 valence electrons. The lowest BCUT2D eigenvalue weighted by Crippen LogP contribution is -2.38. The van der Waals surface area contributed by atoms with E-state index < -0.39 is 6.36 Å². The lowest BCUT2D eigenvalue weighted by Gasteiger charge is -2.32. The van der Waals surface area contributed by atoms with E-state index in [0.717, 1.165) is 25.9 Å². The van der Waals surface area contributed by atoms with Crippen molar-refractivity contribution >= 4 is 0 Å². The first-order valence-corrected chi connectivity index (χ1v) is 6.89. The van der Waals surface area contributed by atoms with E-state index in [1.54, 1.807) is 0 Å². The molecule has 0 bridgehead atoms. The fourth-order valence-electron chi connectivity index (χ4n) is 2.37. The van der Waals surface area contributed by atoms with Crippen LogP contribution in [0.15, 0.2) is 0 Å². The molecule has 0 aromatic carbocycles. The van der Waals surface area contributed by atoms with Crippen LogP contribution >= 0.6 is 0 Å². The Morgan fingerprint density at radius 3 is 2.35 bits per heavy atom. The summed E-state index contributed by atoms with van der Waals surface area (Å²) in [7, 11) is 0. The lowest BCUT2D eigenvalue weighted by atomic mass is 9.90. The summed E-state index contributed by atoms with van der Waals surface area (Å²) >= 11 is 0. The monoisotopic (exact) mass is 245 g/mol. The van der Waals surface area contributed by atoms with E-state index in [0.29, 0.717) is 5.41 Å². The molecule has 1 unspecified atom stereocenters. The van der Waals surface area contributed by atoms with Gasteiger partial charge in [-0.2, -0.15) is 0 Å². The normalized spacial score (nSPS) is 21.7. The Balaban J connectivity index is 2.11. The molecule has 0 aromatic heterocycles. The summed E-state index contributed by atoms with van der Waals surface area (Å²) < 4.78 is 17.9. The van der Waals surface area contributed by atoms with Crippen LogP contribution in [0.2, 0.25) is 0 Å². The third-order valence-electron chi connectivity index (χ3n) is 3.32. The molecule has 0 aromatic rings. The number of hydrogen-bond donors (Lipinski definition) is 0. The molecule has 1 saturated heterocycles. The zero-order valence-corrected chi connectivity index (χ0v) is 11.8. The van der Waals surface area contributed by atoms with E-state index in [4.69, 9.17) is 4.74 Å². The molecule has 1 atom stereocenters. The van der Waals surface area contributed by atoms with Gasteiger partial charge in [-0.3, -0.25) is 0 Å². The Kier molecular flexibility index (Phi) is 5.87. The standard InChI is InChI=1S/C14H28FNO/c1-12(15)17-13-6-10-16(11-7-13)9-5-8-14(2,3)4/h12-13H,5-11H2,1-4H3. The second-order valence-electron chi connectivity index (χ2n) is 6.38. The highest BCUT2D eigenvalue weighted by Gasteiger charge is 2.21. The Labute approximate surface area is 106 Å². The van der Waals surface area contributed by atoms with Crippen LogP contribution in [0.4, 0.5) is 4.39 Å². The molecule has 0 N–H and O–H groups in total. The van der Waals surface area contributed by atoms with Gasteiger partial charge in [0.1, 0.15) is 0 Å². The van der Waals surface area contributed by atoms with Crippen molar-refractivity contribution in [2.45, 2.75) is 65.8 Å². The third kappa shape index (κ3) is 6.99. The van der Waals surface area contributed by atoms with Gasteiger partial charge in [-0.15, -0.1) is 0 Å². The SMILES string of the molecule is CC(F)OC1CCN(CCCC(C)(C)C)CC1. The highest BCUT2D eigenvalue weighted by Crippen LogP contribution is 2.22. The van der Waals surface area contributed by atoms with Crippen molar-refractivity contribution in [3.05, 3.63) is 0 Å². The molecule has 1 rings (SSSR count). The van der Waals surface area contributed by atoms with Crippen LogP contribution in [-0.4, -0.2) is 37.0 Å². The minimum Gasteiger partial charge on any atom is -0.345 e. The maximum atomic E-state index is 12.7. The zero-order chi connectivity index (χ0) is 12.9. The van der Waals surface area contributed by atoms with E-state index in [-0.39, 0.29) is 6.10 Å². The quantitative estimate of drug-likeness (QED) is 0.733. The summed E-state index contributed by atoms with van der Waals surface area (Å²) in [5, 5.41) is 0. The van der Waals surface area contributed by atoms with Crippen molar-refractivity contribution in [1.82, 2.24) is 4.90 Å². The van der Waals surface area contributed by atoms with Gasteiger partial charge in [0, 0.05) is 13.1 Å². The first kappa shape index (κ1) is 14.9. The summed E-state index contributed by atoms with van der Waals surface area (Å²) in [6.45, 7) is 11.6. The average molecular weight is 245 g/mol. The fraction of sp³-hybridized carbons (Fsp3) is 1.00. The fourth-order valence-corrected chi connectivity index (χ4v) is 2.37. The van der Waals surface area contributed by atoms with E-state index in [1.807, 2.05) is 0 Å². The predicted octanol–water partition coefficient (Wildman–Crippen LogP) is 3.61. The van der Waals surface area contributed by atoms with Crippen molar-refractivity contribution in [3.63, 3.8) is 0 Å². The molecule has 1 aliphatic heterocycles. The van der Waals surface area contributed by atoms with Crippen LogP contribution in [0.25, 0.3) is 0 Å². The van der Waals surface area contributed by atoms with Crippen LogP contribution in [0, 0.1) is 5.41 Å². The van der Waals surface area contributed by atoms with Crippen LogP contribution in [0.5, 0.6) is 0 Å². The summed E-state index contributed by atoms with van der Waals surface area (Å²) in [4.78, 5) is 2.48. The summed E-state index contributed by atoms with van der Waals surface area (Å²) in [6.07, 6.45) is 3.49. The molecular weight excluding hydrogens is 217 g/mol. The summed E-state index contributed by atoms with van der Waals surface area (Å²) in [5.74, 6) is 0. The van der Waals surface area contributed by atoms with Gasteiger partial charge in [-0.1, -0.05) is 20.8 Å². The topological polar surface area (TPSA) is 12.5 Å². The van der Waals surface area contributed by atoms with Crippen molar-refractivity contribution in [3.8, 4) is 0 Å². The molecule has 2 nitrogen and oxygen atoms in total. The van der Waals surface area contributed by atoms with Crippen LogP contribution in [-0.2, 0) is 4.74 Å². The molecule has 0 aliphatic carbocycles. The van der Waals surface area contributed by atoms with E-state index >= 15 is 0 Å². The van der Waals surface area contributed by atoms with Gasteiger partial charge in [0.15, 0.2) is 6.36 Å². The van der Waals surface area contributed by atoms with E-state index in [9.17, 15) is 4.39 Å². The Bertz CT molecular complexity index is 205. The van der Waals surface area contributed by atoms with Crippen molar-refractivity contribution < 1.29 is 9.13 Å². The third-order valence-corrected chi connectivity index (χ3v) is 3.32. The molecule has 17 heavy (non-hydrogen) atoms. The maximum absolute atomic E-state index is 12.7. The predicted molar refractivity (Wildman–Crippen MR) is 69.8 cm³/mol. The highest BCUT2D eigenvalue weighted by molar-refractivity contribution is 4.73. The zero-order valence-electron chi connectivity index (χ0n) is 11.8. The van der Waals surface area contributed by atoms with Gasteiger partial charge in [-0.25, -0.2) is 4.39 Å². The number of hydrogen-bond acceptors (Lipinski definition) is 2. The average Bonchev–Trinajstić information content (AvgIpc) is 2.18. The lowest BCUT2D eigenvalue weighted by molar-refractivity contribution is -0.0929. The Morgan fingerprint density at radius 1 is 1.29 bits per heavy atom. The largest absolute Gasteiger partial charge is 0.345 e. The minimum absolute atomic E-state index is 0.133. The minimum atomic E-state index is -1.12. The number of ether oxygens (including phenoxy) is 1. The van der Waals surface area contributed by atoms with Gasteiger partial charge in [0.25, 0.3) is 0 Å². The molecule has 1 fully saturated rings. The number of likely N-dealkylation sites (tertiary alicyclic amines) is 1. The molecule has 0 saturated carbocycles. The van der Waals surface area contributed by atoms with Crippen molar-refractivity contribution in [1.29, 1.82) is 0 Å². The van der Waals surface area contributed by atoms with Crippen LogP contribution in [0.3, 0.4) is 0 Å². The van der Waals surface area contributed by atoms with Crippen molar-refractivity contribution in [2.75, 3.05) is 19.6 Å². The number of nitrogens with zero attached hydrogens (tertiary/aromatic N) is 1. The number of alkyl halides is 1. The van der Waals surface area contributed by atoms with Crippen LogP contribution < -0.4 is 0 Å². The smallest absolute Gasteiger partial charge is 0.196 e. The van der Waals surface area contributed by atoms with Gasteiger partial charge in [-0.05, 0) is 44.6 Å².